The molecule has 0 saturated heterocycles. The maximum absolute atomic E-state index is 3.83. The second-order valence-corrected chi connectivity index (χ2v) is 7.02. The minimum atomic E-state index is -0.498. The maximum Gasteiger partial charge on any atom is -0.00448 e. The van der Waals surface area contributed by atoms with E-state index in [0.29, 0.717) is 0 Å². The molecule has 104 valence electrons. The molecule has 0 heterocycles. The van der Waals surface area contributed by atoms with Gasteiger partial charge in [0.05, 0.1) is 0 Å². The van der Waals surface area contributed by atoms with Crippen LogP contribution in [0.15, 0.2) is 106 Å². The van der Waals surface area contributed by atoms with Gasteiger partial charge in [-0.2, -0.15) is 10.9 Å². The van der Waals surface area contributed by atoms with Gasteiger partial charge < -0.3 is 0 Å². The zero-order valence-electron chi connectivity index (χ0n) is 11.8. The fourth-order valence-corrected chi connectivity index (χ4v) is 4.64. The van der Waals surface area contributed by atoms with Crippen molar-refractivity contribution in [3.63, 3.8) is 0 Å². The highest BCUT2D eigenvalue weighted by molar-refractivity contribution is 8.17. The molecule has 3 aromatic carbocycles. The molecule has 0 N–H and O–H groups in total. The van der Waals surface area contributed by atoms with E-state index in [1.165, 1.54) is 14.7 Å². The van der Waals surface area contributed by atoms with E-state index in [2.05, 4.69) is 91.5 Å². The van der Waals surface area contributed by atoms with E-state index < -0.39 is 10.9 Å². The number of hydrogen-bond donors (Lipinski definition) is 1. The zero-order valence-corrected chi connectivity index (χ0v) is 12.7. The van der Waals surface area contributed by atoms with E-state index in [-0.39, 0.29) is 0 Å². The predicted molar refractivity (Wildman–Crippen MR) is 93.2 cm³/mol. The van der Waals surface area contributed by atoms with Crippen LogP contribution in [0.3, 0.4) is 0 Å². The van der Waals surface area contributed by atoms with Crippen molar-refractivity contribution < 1.29 is 0 Å². The number of benzene rings is 3. The van der Waals surface area contributed by atoms with Crippen LogP contribution in [0.5, 0.6) is 0 Å². The first-order valence-corrected chi connectivity index (χ1v) is 8.35. The number of hydrogen-bond acceptors (Lipinski definition) is 0. The summed E-state index contributed by atoms with van der Waals surface area (Å²) in [5.74, 6) is 0. The van der Waals surface area contributed by atoms with Gasteiger partial charge in [-0.25, -0.2) is 0 Å². The summed E-state index contributed by atoms with van der Waals surface area (Å²) < 4.78 is 0. The van der Waals surface area contributed by atoms with Crippen LogP contribution in [0, 0.1) is 0 Å². The van der Waals surface area contributed by atoms with Gasteiger partial charge in [0.1, 0.15) is 0 Å². The van der Waals surface area contributed by atoms with Crippen LogP contribution in [0.25, 0.3) is 6.08 Å². The van der Waals surface area contributed by atoms with Crippen molar-refractivity contribution in [1.29, 1.82) is 0 Å². The lowest BCUT2D eigenvalue weighted by Crippen LogP contribution is -1.88. The highest BCUT2D eigenvalue weighted by Gasteiger charge is 2.11. The monoisotopic (exact) mass is 290 g/mol. The van der Waals surface area contributed by atoms with Crippen LogP contribution in [0.2, 0.25) is 0 Å². The third-order valence-corrected chi connectivity index (χ3v) is 5.86. The summed E-state index contributed by atoms with van der Waals surface area (Å²) in [6, 6.07) is 30.2. The predicted octanol–water partition coefficient (Wildman–Crippen LogP) is 5.81. The Hall–Kier alpha value is -2.25. The standard InChI is InChI=1S/C20H18S/c1-2-17-13-15-20(16-14-17)21(18-9-5-3-6-10-18)19-11-7-4-8-12-19/h2-16,21H,1H2. The van der Waals surface area contributed by atoms with Gasteiger partial charge in [0.2, 0.25) is 0 Å². The minimum absolute atomic E-state index is 0.498. The van der Waals surface area contributed by atoms with Gasteiger partial charge >= 0.3 is 0 Å². The lowest BCUT2D eigenvalue weighted by atomic mass is 10.2. The fraction of sp³-hybridized carbons (Fsp3) is 0. The molecule has 3 rings (SSSR count). The Bertz CT molecular complexity index is 660. The van der Waals surface area contributed by atoms with Gasteiger partial charge in [-0.3, -0.25) is 0 Å². The molecule has 0 aliphatic carbocycles. The van der Waals surface area contributed by atoms with Crippen molar-refractivity contribution in [3.05, 3.63) is 97.1 Å². The lowest BCUT2D eigenvalue weighted by molar-refractivity contribution is 1.32. The minimum Gasteiger partial charge on any atom is -0.173 e. The van der Waals surface area contributed by atoms with E-state index in [1.54, 1.807) is 0 Å². The highest BCUT2D eigenvalue weighted by atomic mass is 32.2. The molecule has 0 spiro atoms. The summed E-state index contributed by atoms with van der Waals surface area (Å²) in [4.78, 5) is 4.13. The van der Waals surface area contributed by atoms with Crippen molar-refractivity contribution in [2.75, 3.05) is 0 Å². The summed E-state index contributed by atoms with van der Waals surface area (Å²) >= 11 is 0. The average molecular weight is 290 g/mol. The summed E-state index contributed by atoms with van der Waals surface area (Å²) in [5, 5.41) is 0. The molecule has 0 aliphatic heterocycles. The molecule has 0 atom stereocenters. The Morgan fingerprint density at radius 2 is 1.00 bits per heavy atom. The van der Waals surface area contributed by atoms with Gasteiger partial charge in [-0.15, -0.1) is 0 Å². The smallest absolute Gasteiger partial charge is 0.00448 e. The summed E-state index contributed by atoms with van der Waals surface area (Å²) in [6.07, 6.45) is 1.89. The second-order valence-electron chi connectivity index (χ2n) is 4.80. The Balaban J connectivity index is 2.09. The third kappa shape index (κ3) is 3.09. The first-order chi connectivity index (χ1) is 10.4. The van der Waals surface area contributed by atoms with Gasteiger partial charge in [0, 0.05) is 0 Å². The van der Waals surface area contributed by atoms with E-state index >= 15 is 0 Å². The normalized spacial score (nSPS) is 11.0. The first kappa shape index (κ1) is 13.7. The molecule has 0 nitrogen and oxygen atoms in total. The molecular formula is C20H18S. The largest absolute Gasteiger partial charge is 0.173 e. The SMILES string of the molecule is C=Cc1ccc([SH](c2ccccc2)c2ccccc2)cc1. The first-order valence-electron chi connectivity index (χ1n) is 7.01. The molecule has 0 radical (unpaired) electrons. The van der Waals surface area contributed by atoms with E-state index in [4.69, 9.17) is 0 Å². The molecule has 0 amide bonds. The van der Waals surface area contributed by atoms with Crippen LogP contribution in [0.1, 0.15) is 5.56 Å². The van der Waals surface area contributed by atoms with Crippen LogP contribution in [-0.4, -0.2) is 0 Å². The molecule has 0 aliphatic rings. The third-order valence-electron chi connectivity index (χ3n) is 3.42. The molecule has 0 aromatic heterocycles. The van der Waals surface area contributed by atoms with Crippen molar-refractivity contribution in [2.45, 2.75) is 14.7 Å². The maximum atomic E-state index is 3.83. The Labute approximate surface area is 129 Å². The highest BCUT2D eigenvalue weighted by Crippen LogP contribution is 2.50. The van der Waals surface area contributed by atoms with Crippen LogP contribution in [0.4, 0.5) is 0 Å². The number of thiol groups is 1. The molecule has 3 aromatic rings. The van der Waals surface area contributed by atoms with E-state index in [9.17, 15) is 0 Å². The molecule has 1 heteroatoms. The van der Waals surface area contributed by atoms with Crippen molar-refractivity contribution in [3.8, 4) is 0 Å². The molecule has 21 heavy (non-hydrogen) atoms. The molecule has 0 unspecified atom stereocenters. The average Bonchev–Trinajstić information content (AvgIpc) is 2.58. The summed E-state index contributed by atoms with van der Waals surface area (Å²) in [5.41, 5.74) is 1.16. The Kier molecular flexibility index (Phi) is 4.23. The molecule has 0 bridgehead atoms. The van der Waals surface area contributed by atoms with E-state index in [0.717, 1.165) is 5.56 Å². The Morgan fingerprint density at radius 1 is 0.571 bits per heavy atom. The quantitative estimate of drug-likeness (QED) is 0.576. The van der Waals surface area contributed by atoms with Crippen LogP contribution >= 0.6 is 10.9 Å². The van der Waals surface area contributed by atoms with Gasteiger partial charge in [0.15, 0.2) is 0 Å². The summed E-state index contributed by atoms with van der Waals surface area (Å²) in [7, 11) is -0.498. The van der Waals surface area contributed by atoms with Gasteiger partial charge in [-0.05, 0) is 56.6 Å². The Morgan fingerprint density at radius 3 is 1.43 bits per heavy atom. The topological polar surface area (TPSA) is 0 Å². The van der Waals surface area contributed by atoms with Crippen LogP contribution < -0.4 is 0 Å². The zero-order chi connectivity index (χ0) is 14.5. The molecular weight excluding hydrogens is 272 g/mol. The second kappa shape index (κ2) is 6.47. The number of rotatable bonds is 4. The van der Waals surface area contributed by atoms with Crippen molar-refractivity contribution in [2.24, 2.45) is 0 Å². The van der Waals surface area contributed by atoms with Gasteiger partial charge in [-0.1, -0.05) is 61.2 Å². The van der Waals surface area contributed by atoms with Crippen LogP contribution in [-0.2, 0) is 0 Å². The van der Waals surface area contributed by atoms with E-state index in [1.807, 2.05) is 6.08 Å². The fourth-order valence-electron chi connectivity index (χ4n) is 2.36. The van der Waals surface area contributed by atoms with Crippen molar-refractivity contribution in [1.82, 2.24) is 0 Å². The summed E-state index contributed by atoms with van der Waals surface area (Å²) in [6.45, 7) is 3.83. The molecule has 0 fully saturated rings. The van der Waals surface area contributed by atoms with Crippen molar-refractivity contribution >= 4 is 17.0 Å². The lowest BCUT2D eigenvalue weighted by Gasteiger charge is -2.23. The molecule has 0 saturated carbocycles. The van der Waals surface area contributed by atoms with Gasteiger partial charge in [0.25, 0.3) is 0 Å².